The summed E-state index contributed by atoms with van der Waals surface area (Å²) in [4.78, 5) is 16.5. The SMILES string of the molecule is CNc1nc(=O)n(-c2ccccc2)c2cc(C)ccc12. The van der Waals surface area contributed by atoms with Gasteiger partial charge in [-0.2, -0.15) is 4.98 Å². The second-order valence-electron chi connectivity index (χ2n) is 4.68. The van der Waals surface area contributed by atoms with Gasteiger partial charge in [0.2, 0.25) is 0 Å². The number of aromatic nitrogens is 2. The number of nitrogens with zero attached hydrogens (tertiary/aromatic N) is 2. The van der Waals surface area contributed by atoms with Gasteiger partial charge in [-0.25, -0.2) is 4.79 Å². The van der Waals surface area contributed by atoms with Crippen LogP contribution in [-0.2, 0) is 0 Å². The average Bonchev–Trinajstić information content (AvgIpc) is 2.47. The summed E-state index contributed by atoms with van der Waals surface area (Å²) < 4.78 is 1.64. The maximum Gasteiger partial charge on any atom is 0.354 e. The number of anilines is 1. The van der Waals surface area contributed by atoms with E-state index in [9.17, 15) is 4.79 Å². The van der Waals surface area contributed by atoms with Crippen LogP contribution in [0, 0.1) is 6.92 Å². The molecular weight excluding hydrogens is 250 g/mol. The van der Waals surface area contributed by atoms with Crippen LogP contribution in [0.3, 0.4) is 0 Å². The first-order valence-corrected chi connectivity index (χ1v) is 6.47. The van der Waals surface area contributed by atoms with Crippen molar-refractivity contribution >= 4 is 16.7 Å². The third-order valence-corrected chi connectivity index (χ3v) is 3.30. The molecule has 1 aromatic heterocycles. The molecule has 0 radical (unpaired) electrons. The van der Waals surface area contributed by atoms with Crippen molar-refractivity contribution in [2.75, 3.05) is 12.4 Å². The number of fused-ring (bicyclic) bond motifs is 1. The van der Waals surface area contributed by atoms with Crippen LogP contribution in [0.1, 0.15) is 5.56 Å². The van der Waals surface area contributed by atoms with Crippen molar-refractivity contribution in [1.82, 2.24) is 9.55 Å². The van der Waals surface area contributed by atoms with E-state index < -0.39 is 0 Å². The smallest absolute Gasteiger partial charge is 0.354 e. The summed E-state index contributed by atoms with van der Waals surface area (Å²) in [5.41, 5.74) is 2.51. The van der Waals surface area contributed by atoms with E-state index in [1.54, 1.807) is 11.6 Å². The Labute approximate surface area is 116 Å². The lowest BCUT2D eigenvalue weighted by Crippen LogP contribution is -2.23. The average molecular weight is 265 g/mol. The first-order chi connectivity index (χ1) is 9.70. The van der Waals surface area contributed by atoms with Gasteiger partial charge in [-0.05, 0) is 36.8 Å². The van der Waals surface area contributed by atoms with Crippen LogP contribution in [0.25, 0.3) is 16.6 Å². The number of rotatable bonds is 2. The molecule has 4 heteroatoms. The lowest BCUT2D eigenvalue weighted by molar-refractivity contribution is 0.960. The molecule has 100 valence electrons. The maximum atomic E-state index is 12.3. The van der Waals surface area contributed by atoms with Crippen LogP contribution < -0.4 is 11.0 Å². The van der Waals surface area contributed by atoms with E-state index in [1.165, 1.54) is 0 Å². The summed E-state index contributed by atoms with van der Waals surface area (Å²) in [5.74, 6) is 0.609. The van der Waals surface area contributed by atoms with Crippen LogP contribution in [0.4, 0.5) is 5.82 Å². The second-order valence-corrected chi connectivity index (χ2v) is 4.68. The predicted octanol–water partition coefficient (Wildman–Crippen LogP) is 2.74. The zero-order chi connectivity index (χ0) is 14.1. The minimum absolute atomic E-state index is 0.279. The Hall–Kier alpha value is -2.62. The largest absolute Gasteiger partial charge is 0.372 e. The quantitative estimate of drug-likeness (QED) is 0.775. The van der Waals surface area contributed by atoms with E-state index in [0.717, 1.165) is 22.2 Å². The van der Waals surface area contributed by atoms with Crippen molar-refractivity contribution in [3.05, 3.63) is 64.6 Å². The summed E-state index contributed by atoms with van der Waals surface area (Å²) in [6, 6.07) is 15.6. The maximum absolute atomic E-state index is 12.3. The third-order valence-electron chi connectivity index (χ3n) is 3.30. The van der Waals surface area contributed by atoms with Gasteiger partial charge in [-0.15, -0.1) is 0 Å². The fourth-order valence-corrected chi connectivity index (χ4v) is 2.35. The van der Waals surface area contributed by atoms with E-state index in [0.29, 0.717) is 5.82 Å². The van der Waals surface area contributed by atoms with Gasteiger partial charge in [0.15, 0.2) is 0 Å². The summed E-state index contributed by atoms with van der Waals surface area (Å²) >= 11 is 0. The van der Waals surface area contributed by atoms with Gasteiger partial charge < -0.3 is 5.32 Å². The molecule has 2 aromatic carbocycles. The molecule has 0 bridgehead atoms. The molecule has 0 amide bonds. The second kappa shape index (κ2) is 4.81. The Morgan fingerprint density at radius 2 is 1.85 bits per heavy atom. The Bertz CT molecular complexity index is 822. The molecule has 1 heterocycles. The minimum atomic E-state index is -0.279. The molecular formula is C16H15N3O. The van der Waals surface area contributed by atoms with E-state index in [1.807, 2.05) is 55.5 Å². The first-order valence-electron chi connectivity index (χ1n) is 6.47. The number of hydrogen-bond donors (Lipinski definition) is 1. The molecule has 0 aliphatic rings. The topological polar surface area (TPSA) is 46.9 Å². The highest BCUT2D eigenvalue weighted by Gasteiger charge is 2.10. The van der Waals surface area contributed by atoms with Crippen molar-refractivity contribution in [1.29, 1.82) is 0 Å². The molecule has 0 saturated heterocycles. The Balaban J connectivity index is 2.46. The summed E-state index contributed by atoms with van der Waals surface area (Å²) in [6.07, 6.45) is 0. The lowest BCUT2D eigenvalue weighted by Gasteiger charge is -2.12. The molecule has 0 aliphatic heterocycles. The fourth-order valence-electron chi connectivity index (χ4n) is 2.35. The van der Waals surface area contributed by atoms with Gasteiger partial charge in [0.25, 0.3) is 0 Å². The number of para-hydroxylation sites is 1. The highest BCUT2D eigenvalue weighted by atomic mass is 16.1. The number of nitrogens with one attached hydrogen (secondary N) is 1. The number of hydrogen-bond acceptors (Lipinski definition) is 3. The predicted molar refractivity (Wildman–Crippen MR) is 81.6 cm³/mol. The third kappa shape index (κ3) is 1.95. The summed E-state index contributed by atoms with van der Waals surface area (Å²) in [6.45, 7) is 2.01. The highest BCUT2D eigenvalue weighted by Crippen LogP contribution is 2.22. The molecule has 0 atom stereocenters. The lowest BCUT2D eigenvalue weighted by atomic mass is 10.1. The minimum Gasteiger partial charge on any atom is -0.372 e. The Morgan fingerprint density at radius 1 is 1.10 bits per heavy atom. The van der Waals surface area contributed by atoms with E-state index in [4.69, 9.17) is 0 Å². The highest BCUT2D eigenvalue weighted by molar-refractivity contribution is 5.90. The standard InChI is InChI=1S/C16H15N3O/c1-11-8-9-13-14(10-11)19(12-6-4-3-5-7-12)16(20)18-15(13)17-2/h3-10H,1-2H3,(H,17,18,20). The zero-order valence-corrected chi connectivity index (χ0v) is 11.4. The summed E-state index contributed by atoms with van der Waals surface area (Å²) in [5, 5.41) is 3.92. The van der Waals surface area contributed by atoms with Crippen molar-refractivity contribution in [3.63, 3.8) is 0 Å². The Morgan fingerprint density at radius 3 is 2.55 bits per heavy atom. The van der Waals surface area contributed by atoms with Crippen molar-refractivity contribution in [2.45, 2.75) is 6.92 Å². The summed E-state index contributed by atoms with van der Waals surface area (Å²) in [7, 11) is 1.77. The normalized spacial score (nSPS) is 10.7. The van der Waals surface area contributed by atoms with Gasteiger partial charge in [0.1, 0.15) is 5.82 Å². The van der Waals surface area contributed by atoms with Crippen molar-refractivity contribution < 1.29 is 0 Å². The van der Waals surface area contributed by atoms with Crippen LogP contribution in [0.15, 0.2) is 53.3 Å². The molecule has 3 rings (SSSR count). The fraction of sp³-hybridized carbons (Fsp3) is 0.125. The molecule has 0 spiro atoms. The van der Waals surface area contributed by atoms with Crippen LogP contribution >= 0.6 is 0 Å². The number of aryl methyl sites for hydroxylation is 1. The molecule has 0 fully saturated rings. The van der Waals surface area contributed by atoms with Crippen molar-refractivity contribution in [3.8, 4) is 5.69 Å². The van der Waals surface area contributed by atoms with E-state index in [-0.39, 0.29) is 5.69 Å². The van der Waals surface area contributed by atoms with Crippen LogP contribution in [0.2, 0.25) is 0 Å². The van der Waals surface area contributed by atoms with Crippen LogP contribution in [-0.4, -0.2) is 16.6 Å². The molecule has 0 unspecified atom stereocenters. The van der Waals surface area contributed by atoms with Crippen LogP contribution in [0.5, 0.6) is 0 Å². The monoisotopic (exact) mass is 265 g/mol. The van der Waals surface area contributed by atoms with Gasteiger partial charge >= 0.3 is 5.69 Å². The zero-order valence-electron chi connectivity index (χ0n) is 11.4. The molecule has 3 aromatic rings. The van der Waals surface area contributed by atoms with Gasteiger partial charge in [0, 0.05) is 12.4 Å². The van der Waals surface area contributed by atoms with Gasteiger partial charge in [-0.1, -0.05) is 24.3 Å². The molecule has 0 aliphatic carbocycles. The first kappa shape index (κ1) is 12.4. The molecule has 1 N–H and O–H groups in total. The molecule has 20 heavy (non-hydrogen) atoms. The molecule has 0 saturated carbocycles. The number of benzene rings is 2. The van der Waals surface area contributed by atoms with Gasteiger partial charge in [0.05, 0.1) is 11.2 Å². The van der Waals surface area contributed by atoms with E-state index in [2.05, 4.69) is 10.3 Å². The van der Waals surface area contributed by atoms with Gasteiger partial charge in [-0.3, -0.25) is 4.57 Å². The van der Waals surface area contributed by atoms with E-state index >= 15 is 0 Å². The van der Waals surface area contributed by atoms with Crippen molar-refractivity contribution in [2.24, 2.45) is 0 Å². The molecule has 4 nitrogen and oxygen atoms in total. The Kier molecular flexibility index (Phi) is 2.99.